The minimum Gasteiger partial charge on any atom is -0.117 e. The Morgan fingerprint density at radius 2 is 1.38 bits per heavy atom. The number of fused-ring (bicyclic) bond motifs is 2. The third-order valence-electron chi connectivity index (χ3n) is 4.62. The van der Waals surface area contributed by atoms with Crippen LogP contribution in [-0.2, 0) is 12.8 Å². The van der Waals surface area contributed by atoms with Crippen LogP contribution in [0.3, 0.4) is 0 Å². The molecule has 0 saturated heterocycles. The molecule has 1 aliphatic rings. The Bertz CT molecular complexity index is 760. The van der Waals surface area contributed by atoms with Gasteiger partial charge in [0.05, 0.1) is 5.38 Å². The molecule has 0 nitrogen and oxygen atoms in total. The predicted molar refractivity (Wildman–Crippen MR) is 89.9 cm³/mol. The van der Waals surface area contributed by atoms with Crippen molar-refractivity contribution in [3.63, 3.8) is 0 Å². The monoisotopic (exact) mass is 292 g/mol. The Kier molecular flexibility index (Phi) is 3.20. The second kappa shape index (κ2) is 5.20. The normalized spacial score (nSPS) is 16.0. The van der Waals surface area contributed by atoms with Gasteiger partial charge in [-0.3, -0.25) is 0 Å². The fraction of sp³-hybridized carbons (Fsp3) is 0.200. The summed E-state index contributed by atoms with van der Waals surface area (Å²) >= 11 is 6.88. The fourth-order valence-electron chi connectivity index (χ4n) is 3.54. The topological polar surface area (TPSA) is 0 Å². The third kappa shape index (κ3) is 2.24. The smallest absolute Gasteiger partial charge is 0.0625 e. The average molecular weight is 293 g/mol. The van der Waals surface area contributed by atoms with Crippen molar-refractivity contribution in [2.45, 2.75) is 18.2 Å². The van der Waals surface area contributed by atoms with Gasteiger partial charge < -0.3 is 0 Å². The first-order chi connectivity index (χ1) is 10.3. The predicted octanol–water partition coefficient (Wildman–Crippen LogP) is 5.53. The maximum absolute atomic E-state index is 6.88. The number of rotatable bonds is 2. The van der Waals surface area contributed by atoms with Crippen molar-refractivity contribution >= 4 is 22.4 Å². The van der Waals surface area contributed by atoms with E-state index in [0.717, 1.165) is 12.8 Å². The summed E-state index contributed by atoms with van der Waals surface area (Å²) in [4.78, 5) is 0. The van der Waals surface area contributed by atoms with Crippen LogP contribution in [0.5, 0.6) is 0 Å². The molecule has 21 heavy (non-hydrogen) atoms. The molecule has 1 unspecified atom stereocenters. The number of halogens is 1. The minimum atomic E-state index is 0.0727. The third-order valence-corrected chi connectivity index (χ3v) is 5.21. The molecule has 3 aromatic carbocycles. The van der Waals surface area contributed by atoms with Crippen molar-refractivity contribution in [2.24, 2.45) is 5.92 Å². The van der Waals surface area contributed by atoms with Gasteiger partial charge in [0.25, 0.3) is 0 Å². The zero-order chi connectivity index (χ0) is 14.2. The van der Waals surface area contributed by atoms with Crippen LogP contribution < -0.4 is 0 Å². The van der Waals surface area contributed by atoms with Gasteiger partial charge in [0.15, 0.2) is 0 Å². The van der Waals surface area contributed by atoms with Gasteiger partial charge in [0, 0.05) is 0 Å². The van der Waals surface area contributed by atoms with E-state index in [1.807, 2.05) is 0 Å². The highest BCUT2D eigenvalue weighted by molar-refractivity contribution is 6.22. The van der Waals surface area contributed by atoms with Crippen molar-refractivity contribution in [3.05, 3.63) is 83.4 Å². The van der Waals surface area contributed by atoms with Gasteiger partial charge in [0.2, 0.25) is 0 Å². The summed E-state index contributed by atoms with van der Waals surface area (Å²) in [6, 6.07) is 23.7. The molecule has 0 N–H and O–H groups in total. The molecule has 0 heterocycles. The molecule has 1 heteroatoms. The summed E-state index contributed by atoms with van der Waals surface area (Å²) in [6.45, 7) is 0. The quantitative estimate of drug-likeness (QED) is 0.544. The van der Waals surface area contributed by atoms with Crippen LogP contribution in [0.25, 0.3) is 10.8 Å². The molecule has 0 fully saturated rings. The Hall–Kier alpha value is -1.79. The van der Waals surface area contributed by atoms with Crippen LogP contribution in [0.4, 0.5) is 0 Å². The largest absolute Gasteiger partial charge is 0.117 e. The van der Waals surface area contributed by atoms with Gasteiger partial charge >= 0.3 is 0 Å². The van der Waals surface area contributed by atoms with Gasteiger partial charge in [-0.15, -0.1) is 11.6 Å². The zero-order valence-corrected chi connectivity index (χ0v) is 12.6. The molecular formula is C20H17Cl. The summed E-state index contributed by atoms with van der Waals surface area (Å²) in [5.74, 6) is 0.495. The zero-order valence-electron chi connectivity index (χ0n) is 11.8. The molecule has 1 aliphatic carbocycles. The molecule has 4 rings (SSSR count). The van der Waals surface area contributed by atoms with Gasteiger partial charge in [-0.1, -0.05) is 66.7 Å². The van der Waals surface area contributed by atoms with Gasteiger partial charge in [-0.25, -0.2) is 0 Å². The van der Waals surface area contributed by atoms with Crippen LogP contribution in [0.15, 0.2) is 66.7 Å². The van der Waals surface area contributed by atoms with E-state index < -0.39 is 0 Å². The summed E-state index contributed by atoms with van der Waals surface area (Å²) in [6.07, 6.45) is 2.18. The Morgan fingerprint density at radius 3 is 2.14 bits per heavy atom. The molecule has 1 atom stereocenters. The molecule has 0 radical (unpaired) electrons. The van der Waals surface area contributed by atoms with Crippen molar-refractivity contribution in [3.8, 4) is 0 Å². The van der Waals surface area contributed by atoms with E-state index in [9.17, 15) is 0 Å². The summed E-state index contributed by atoms with van der Waals surface area (Å²) in [5.41, 5.74) is 4.20. The van der Waals surface area contributed by atoms with Gasteiger partial charge in [-0.2, -0.15) is 0 Å². The van der Waals surface area contributed by atoms with E-state index in [0.29, 0.717) is 5.92 Å². The first-order valence-corrected chi connectivity index (χ1v) is 7.95. The number of alkyl halides is 1. The molecule has 0 aliphatic heterocycles. The molecule has 0 bridgehead atoms. The molecule has 104 valence electrons. The highest BCUT2D eigenvalue weighted by atomic mass is 35.5. The first kappa shape index (κ1) is 12.9. The van der Waals surface area contributed by atoms with Crippen molar-refractivity contribution < 1.29 is 0 Å². The average Bonchev–Trinajstić information content (AvgIpc) is 2.97. The number of hydrogen-bond donors (Lipinski definition) is 0. The van der Waals surface area contributed by atoms with E-state index in [1.165, 1.54) is 27.5 Å². The van der Waals surface area contributed by atoms with Crippen molar-refractivity contribution in [1.29, 1.82) is 0 Å². The second-order valence-electron chi connectivity index (χ2n) is 5.91. The van der Waals surface area contributed by atoms with Crippen LogP contribution in [0, 0.1) is 5.92 Å². The second-order valence-corrected chi connectivity index (χ2v) is 6.38. The first-order valence-electron chi connectivity index (χ1n) is 7.51. The molecular weight excluding hydrogens is 276 g/mol. The SMILES string of the molecule is ClC(c1cccc2ccccc12)C1Cc2ccccc2C1. The summed E-state index contributed by atoms with van der Waals surface area (Å²) < 4.78 is 0. The van der Waals surface area contributed by atoms with E-state index in [1.54, 1.807) is 0 Å². The van der Waals surface area contributed by atoms with Crippen LogP contribution in [-0.4, -0.2) is 0 Å². The van der Waals surface area contributed by atoms with E-state index in [-0.39, 0.29) is 5.38 Å². The lowest BCUT2D eigenvalue weighted by Crippen LogP contribution is -2.08. The summed E-state index contributed by atoms with van der Waals surface area (Å²) in [7, 11) is 0. The fourth-order valence-corrected chi connectivity index (χ4v) is 3.91. The lowest BCUT2D eigenvalue weighted by Gasteiger charge is -2.19. The van der Waals surface area contributed by atoms with E-state index >= 15 is 0 Å². The Balaban J connectivity index is 1.71. The molecule has 0 aromatic heterocycles. The number of benzene rings is 3. The van der Waals surface area contributed by atoms with Crippen LogP contribution in [0.1, 0.15) is 22.1 Å². The van der Waals surface area contributed by atoms with Crippen LogP contribution >= 0.6 is 11.6 Å². The maximum Gasteiger partial charge on any atom is 0.0625 e. The van der Waals surface area contributed by atoms with Crippen LogP contribution in [0.2, 0.25) is 0 Å². The molecule has 0 spiro atoms. The number of hydrogen-bond acceptors (Lipinski definition) is 0. The lowest BCUT2D eigenvalue weighted by molar-refractivity contribution is 0.543. The highest BCUT2D eigenvalue weighted by Gasteiger charge is 2.28. The molecule has 0 amide bonds. The van der Waals surface area contributed by atoms with E-state index in [4.69, 9.17) is 11.6 Å². The van der Waals surface area contributed by atoms with Crippen molar-refractivity contribution in [2.75, 3.05) is 0 Å². The summed E-state index contributed by atoms with van der Waals surface area (Å²) in [5, 5.41) is 2.63. The van der Waals surface area contributed by atoms with Gasteiger partial charge in [0.1, 0.15) is 0 Å². The molecule has 0 saturated carbocycles. The highest BCUT2D eigenvalue weighted by Crippen LogP contribution is 2.41. The Morgan fingerprint density at radius 1 is 0.762 bits per heavy atom. The van der Waals surface area contributed by atoms with Crippen molar-refractivity contribution in [1.82, 2.24) is 0 Å². The molecule has 3 aromatic rings. The van der Waals surface area contributed by atoms with Gasteiger partial charge in [-0.05, 0) is 46.2 Å². The lowest BCUT2D eigenvalue weighted by atomic mass is 9.92. The maximum atomic E-state index is 6.88. The standard InChI is InChI=1S/C20H17Cl/c21-20(17-12-15-7-1-2-8-16(15)13-17)19-11-5-9-14-6-3-4-10-18(14)19/h1-11,17,20H,12-13H2. The Labute approximate surface area is 130 Å². The van der Waals surface area contributed by atoms with E-state index in [2.05, 4.69) is 66.7 Å². The minimum absolute atomic E-state index is 0.0727.